The number of hydrogen-bond donors (Lipinski definition) is 0. The van der Waals surface area contributed by atoms with E-state index in [1.165, 1.54) is 33.9 Å². The van der Waals surface area contributed by atoms with Gasteiger partial charge in [0.15, 0.2) is 5.76 Å². The standard InChI is InChI=1S/C29H31N3O3/c1-22-7-4-8-23(19-22)20-32-21-24(25-10-2-3-11-26(25)32)9-5-13-28(33)30-14-16-31(17-15-30)29(34)27-12-6-18-35-27/h2-4,6-8,10-12,18-19,21H,5,9,13-17,20H2,1H3. The molecule has 0 radical (unpaired) electrons. The third-order valence-corrected chi connectivity index (χ3v) is 6.79. The summed E-state index contributed by atoms with van der Waals surface area (Å²) in [6, 6.07) is 20.5. The molecule has 0 spiro atoms. The molecule has 2 aromatic carbocycles. The number of carbonyl (C=O) groups is 2. The molecular weight excluding hydrogens is 438 g/mol. The molecule has 180 valence electrons. The van der Waals surface area contributed by atoms with E-state index in [0.29, 0.717) is 38.4 Å². The SMILES string of the molecule is Cc1cccc(Cn2cc(CCCC(=O)N3CCN(C(=O)c4ccco4)CC3)c3ccccc32)c1. The number of hydrogen-bond acceptors (Lipinski definition) is 3. The number of piperazine rings is 1. The highest BCUT2D eigenvalue weighted by Gasteiger charge is 2.25. The first kappa shape index (κ1) is 23.0. The summed E-state index contributed by atoms with van der Waals surface area (Å²) in [6.45, 7) is 5.18. The molecule has 6 nitrogen and oxygen atoms in total. The number of furan rings is 1. The van der Waals surface area contributed by atoms with Crippen LogP contribution >= 0.6 is 0 Å². The molecule has 5 rings (SSSR count). The molecule has 1 aliphatic heterocycles. The van der Waals surface area contributed by atoms with Crippen LogP contribution in [0.4, 0.5) is 0 Å². The maximum atomic E-state index is 12.8. The summed E-state index contributed by atoms with van der Waals surface area (Å²) in [5.41, 5.74) is 5.07. The normalized spacial score (nSPS) is 14.0. The van der Waals surface area contributed by atoms with Gasteiger partial charge in [-0.05, 0) is 49.1 Å². The van der Waals surface area contributed by atoms with E-state index in [1.54, 1.807) is 17.0 Å². The number of para-hydroxylation sites is 1. The van der Waals surface area contributed by atoms with Crippen LogP contribution in [-0.4, -0.2) is 52.4 Å². The van der Waals surface area contributed by atoms with Crippen molar-refractivity contribution in [2.45, 2.75) is 32.7 Å². The highest BCUT2D eigenvalue weighted by molar-refractivity contribution is 5.91. The maximum Gasteiger partial charge on any atom is 0.289 e. The van der Waals surface area contributed by atoms with Gasteiger partial charge in [-0.15, -0.1) is 0 Å². The molecule has 2 amide bonds. The van der Waals surface area contributed by atoms with Crippen molar-refractivity contribution in [1.82, 2.24) is 14.4 Å². The fourth-order valence-corrected chi connectivity index (χ4v) is 4.96. The molecular formula is C29H31N3O3. The number of aromatic nitrogens is 1. The molecule has 0 bridgehead atoms. The smallest absolute Gasteiger partial charge is 0.289 e. The molecule has 0 atom stereocenters. The van der Waals surface area contributed by atoms with Crippen LogP contribution in [0.25, 0.3) is 10.9 Å². The maximum absolute atomic E-state index is 12.8. The predicted molar refractivity (Wildman–Crippen MR) is 136 cm³/mol. The van der Waals surface area contributed by atoms with Gasteiger partial charge in [-0.25, -0.2) is 0 Å². The summed E-state index contributed by atoms with van der Waals surface area (Å²) in [5.74, 6) is 0.411. The minimum absolute atomic E-state index is 0.107. The summed E-state index contributed by atoms with van der Waals surface area (Å²) in [7, 11) is 0. The Bertz CT molecular complexity index is 1310. The van der Waals surface area contributed by atoms with Crippen LogP contribution in [0.3, 0.4) is 0 Å². The summed E-state index contributed by atoms with van der Waals surface area (Å²) in [4.78, 5) is 28.9. The fourth-order valence-electron chi connectivity index (χ4n) is 4.96. The van der Waals surface area contributed by atoms with Gasteiger partial charge >= 0.3 is 0 Å². The van der Waals surface area contributed by atoms with Crippen LogP contribution in [0.1, 0.15) is 40.1 Å². The van der Waals surface area contributed by atoms with Crippen LogP contribution in [0.2, 0.25) is 0 Å². The molecule has 0 saturated carbocycles. The Morgan fingerprint density at radius 2 is 1.71 bits per heavy atom. The average Bonchev–Trinajstić information content (AvgIpc) is 3.53. The van der Waals surface area contributed by atoms with E-state index in [9.17, 15) is 9.59 Å². The number of benzene rings is 2. The van der Waals surface area contributed by atoms with Crippen molar-refractivity contribution in [2.24, 2.45) is 0 Å². The third kappa shape index (κ3) is 5.16. The molecule has 6 heteroatoms. The molecule has 0 unspecified atom stereocenters. The highest BCUT2D eigenvalue weighted by atomic mass is 16.3. The molecule has 3 heterocycles. The van der Waals surface area contributed by atoms with E-state index in [1.807, 2.05) is 4.90 Å². The van der Waals surface area contributed by atoms with Crippen LogP contribution < -0.4 is 0 Å². The second-order valence-electron chi connectivity index (χ2n) is 9.29. The molecule has 1 saturated heterocycles. The van der Waals surface area contributed by atoms with Gasteiger partial charge in [0.25, 0.3) is 5.91 Å². The number of nitrogens with zero attached hydrogens (tertiary/aromatic N) is 3. The lowest BCUT2D eigenvalue weighted by atomic mass is 10.1. The van der Waals surface area contributed by atoms with Crippen molar-refractivity contribution in [3.8, 4) is 0 Å². The largest absolute Gasteiger partial charge is 0.459 e. The van der Waals surface area contributed by atoms with E-state index in [2.05, 4.69) is 66.2 Å². The molecule has 1 fully saturated rings. The predicted octanol–water partition coefficient (Wildman–Crippen LogP) is 4.90. The Balaban J connectivity index is 1.17. The Hall–Kier alpha value is -3.80. The van der Waals surface area contributed by atoms with Gasteiger partial charge in [0.1, 0.15) is 0 Å². The van der Waals surface area contributed by atoms with Crippen LogP contribution in [0.5, 0.6) is 0 Å². The first-order chi connectivity index (χ1) is 17.1. The van der Waals surface area contributed by atoms with Gasteiger partial charge in [-0.3, -0.25) is 9.59 Å². The Kier molecular flexibility index (Phi) is 6.70. The van der Waals surface area contributed by atoms with Crippen LogP contribution in [-0.2, 0) is 17.8 Å². The summed E-state index contributed by atoms with van der Waals surface area (Å²) in [6.07, 6.45) is 5.94. The molecule has 35 heavy (non-hydrogen) atoms. The van der Waals surface area contributed by atoms with Gasteiger partial charge in [-0.2, -0.15) is 0 Å². The van der Waals surface area contributed by atoms with E-state index in [0.717, 1.165) is 19.4 Å². The van der Waals surface area contributed by atoms with Gasteiger partial charge in [-0.1, -0.05) is 48.0 Å². The Morgan fingerprint density at radius 1 is 0.914 bits per heavy atom. The molecule has 0 N–H and O–H groups in total. The minimum atomic E-state index is -0.107. The van der Waals surface area contributed by atoms with Crippen molar-refractivity contribution < 1.29 is 14.0 Å². The summed E-state index contributed by atoms with van der Waals surface area (Å²) < 4.78 is 7.53. The first-order valence-corrected chi connectivity index (χ1v) is 12.3. The second-order valence-corrected chi connectivity index (χ2v) is 9.29. The zero-order valence-electron chi connectivity index (χ0n) is 20.2. The number of aryl methyl sites for hydroxylation is 2. The number of rotatable bonds is 7. The average molecular weight is 470 g/mol. The van der Waals surface area contributed by atoms with Gasteiger partial charge in [0, 0.05) is 56.2 Å². The zero-order chi connectivity index (χ0) is 24.2. The highest BCUT2D eigenvalue weighted by Crippen LogP contribution is 2.24. The van der Waals surface area contributed by atoms with Crippen molar-refractivity contribution in [3.05, 3.63) is 95.6 Å². The van der Waals surface area contributed by atoms with Crippen LogP contribution in [0.15, 0.2) is 77.5 Å². The van der Waals surface area contributed by atoms with Crippen molar-refractivity contribution in [1.29, 1.82) is 0 Å². The second kappa shape index (κ2) is 10.2. The Labute approximate surface area is 205 Å². The van der Waals surface area contributed by atoms with Crippen molar-refractivity contribution in [3.63, 3.8) is 0 Å². The van der Waals surface area contributed by atoms with Gasteiger partial charge < -0.3 is 18.8 Å². The van der Waals surface area contributed by atoms with Gasteiger partial charge in [0.2, 0.25) is 5.91 Å². The molecule has 1 aliphatic rings. The quantitative estimate of drug-likeness (QED) is 0.387. The molecule has 0 aliphatic carbocycles. The fraction of sp³-hybridized carbons (Fsp3) is 0.310. The minimum Gasteiger partial charge on any atom is -0.459 e. The van der Waals surface area contributed by atoms with E-state index < -0.39 is 0 Å². The number of fused-ring (bicyclic) bond motifs is 1. The molecule has 2 aromatic heterocycles. The summed E-state index contributed by atoms with van der Waals surface area (Å²) >= 11 is 0. The van der Waals surface area contributed by atoms with Crippen molar-refractivity contribution >= 4 is 22.7 Å². The third-order valence-electron chi connectivity index (χ3n) is 6.79. The monoisotopic (exact) mass is 469 g/mol. The lowest BCUT2D eigenvalue weighted by Gasteiger charge is -2.34. The molecule has 4 aromatic rings. The lowest BCUT2D eigenvalue weighted by Crippen LogP contribution is -2.50. The van der Waals surface area contributed by atoms with E-state index in [4.69, 9.17) is 4.42 Å². The first-order valence-electron chi connectivity index (χ1n) is 12.3. The van der Waals surface area contributed by atoms with Crippen LogP contribution in [0, 0.1) is 6.92 Å². The lowest BCUT2D eigenvalue weighted by molar-refractivity contribution is -0.132. The number of amides is 2. The summed E-state index contributed by atoms with van der Waals surface area (Å²) in [5, 5.41) is 1.26. The van der Waals surface area contributed by atoms with Gasteiger partial charge in [0.05, 0.1) is 6.26 Å². The zero-order valence-corrected chi connectivity index (χ0v) is 20.2. The van der Waals surface area contributed by atoms with E-state index in [-0.39, 0.29) is 11.8 Å². The topological polar surface area (TPSA) is 58.7 Å². The van der Waals surface area contributed by atoms with E-state index >= 15 is 0 Å². The number of carbonyl (C=O) groups excluding carboxylic acids is 2. The Morgan fingerprint density at radius 3 is 2.49 bits per heavy atom. The van der Waals surface area contributed by atoms with Crippen molar-refractivity contribution in [2.75, 3.05) is 26.2 Å².